The summed E-state index contributed by atoms with van der Waals surface area (Å²) in [5.41, 5.74) is 1.98. The number of aliphatic imine (C=N–C) groups is 1. The van der Waals surface area contributed by atoms with Gasteiger partial charge in [0.05, 0.1) is 19.2 Å². The van der Waals surface area contributed by atoms with Crippen molar-refractivity contribution < 1.29 is 28.8 Å². The summed E-state index contributed by atoms with van der Waals surface area (Å²) in [7, 11) is 4.61. The zero-order valence-electron chi connectivity index (χ0n) is 18.5. The van der Waals surface area contributed by atoms with Crippen molar-refractivity contribution in [2.45, 2.75) is 13.2 Å². The lowest BCUT2D eigenvalue weighted by Gasteiger charge is -2.16. The lowest BCUT2D eigenvalue weighted by atomic mass is 10.1. The van der Waals surface area contributed by atoms with Crippen LogP contribution in [0.1, 0.15) is 16.7 Å². The zero-order valence-corrected chi connectivity index (χ0v) is 19.3. The molecule has 0 saturated heterocycles. The van der Waals surface area contributed by atoms with E-state index in [1.54, 1.807) is 20.3 Å². The Hall–Kier alpha value is -3.71. The van der Waals surface area contributed by atoms with Gasteiger partial charge >= 0.3 is 5.97 Å². The summed E-state index contributed by atoms with van der Waals surface area (Å²) < 4.78 is 22.3. The second kappa shape index (κ2) is 11.2. The normalized spacial score (nSPS) is 11.1. The molecular weight excluding hydrogens is 446 g/mol. The van der Waals surface area contributed by atoms with Gasteiger partial charge in [0.15, 0.2) is 11.5 Å². The Morgan fingerprint density at radius 3 is 1.85 bits per heavy atom. The van der Waals surface area contributed by atoms with Crippen molar-refractivity contribution in [3.63, 3.8) is 0 Å². The van der Waals surface area contributed by atoms with Crippen LogP contribution in [-0.2, 0) is 18.0 Å². The molecule has 0 amide bonds. The smallest absolute Gasteiger partial charge is 0.354 e. The first kappa shape index (κ1) is 23.9. The van der Waals surface area contributed by atoms with Gasteiger partial charge in [0.25, 0.3) is 0 Å². The molecule has 0 aliphatic carbocycles. The van der Waals surface area contributed by atoms with Gasteiger partial charge in [0.1, 0.15) is 30.4 Å². The van der Waals surface area contributed by atoms with Crippen molar-refractivity contribution in [1.29, 1.82) is 0 Å². The van der Waals surface area contributed by atoms with E-state index in [4.69, 9.17) is 30.5 Å². The molecule has 3 aromatic carbocycles. The van der Waals surface area contributed by atoms with Gasteiger partial charge in [-0.2, -0.15) is 0 Å². The summed E-state index contributed by atoms with van der Waals surface area (Å²) >= 11 is 6.49. The lowest BCUT2D eigenvalue weighted by Crippen LogP contribution is -2.15. The standard InChI is InChI=1S/C25H24ClNO6/c1-27-23(25(28)29)18-12-21(26)24(33-15-17-6-10-20(31-3)11-7-17)22(13-18)32-14-16-4-8-19(30-2)9-5-16/h4-13H,14-15H2,1-3H3,(H,28,29). The van der Waals surface area contributed by atoms with E-state index < -0.39 is 5.97 Å². The Labute approximate surface area is 197 Å². The molecule has 0 unspecified atom stereocenters. The maximum absolute atomic E-state index is 11.6. The minimum absolute atomic E-state index is 0.132. The highest BCUT2D eigenvalue weighted by Gasteiger charge is 2.19. The molecule has 0 heterocycles. The van der Waals surface area contributed by atoms with Gasteiger partial charge in [-0.1, -0.05) is 35.9 Å². The number of nitrogens with zero attached hydrogens (tertiary/aromatic N) is 1. The predicted molar refractivity (Wildman–Crippen MR) is 126 cm³/mol. The Morgan fingerprint density at radius 1 is 0.879 bits per heavy atom. The van der Waals surface area contributed by atoms with Crippen molar-refractivity contribution in [3.05, 3.63) is 82.4 Å². The van der Waals surface area contributed by atoms with Gasteiger partial charge in [-0.05, 0) is 47.5 Å². The molecule has 0 spiro atoms. The van der Waals surface area contributed by atoms with Crippen LogP contribution in [0.15, 0.2) is 65.7 Å². The van der Waals surface area contributed by atoms with Crippen LogP contribution in [0.4, 0.5) is 0 Å². The Morgan fingerprint density at radius 2 is 1.39 bits per heavy atom. The quantitative estimate of drug-likeness (QED) is 0.419. The van der Waals surface area contributed by atoms with E-state index in [1.807, 2.05) is 48.5 Å². The molecule has 3 aromatic rings. The topological polar surface area (TPSA) is 86.6 Å². The fourth-order valence-corrected chi connectivity index (χ4v) is 3.33. The van der Waals surface area contributed by atoms with E-state index in [-0.39, 0.29) is 23.9 Å². The number of carboxylic acid groups (broad SMARTS) is 1. The minimum Gasteiger partial charge on any atom is -0.497 e. The zero-order chi connectivity index (χ0) is 23.8. The number of carboxylic acids is 1. The molecule has 172 valence electrons. The molecule has 0 aliphatic rings. The van der Waals surface area contributed by atoms with Gasteiger partial charge in [0.2, 0.25) is 0 Å². The fourth-order valence-electron chi connectivity index (χ4n) is 3.06. The molecular formula is C25H24ClNO6. The molecule has 0 aliphatic heterocycles. The molecule has 8 heteroatoms. The summed E-state index contributed by atoms with van der Waals surface area (Å²) in [6.45, 7) is 0.448. The second-order valence-corrected chi connectivity index (χ2v) is 7.34. The maximum atomic E-state index is 11.6. The average molecular weight is 470 g/mol. The number of rotatable bonds is 10. The van der Waals surface area contributed by atoms with E-state index in [0.717, 1.165) is 22.6 Å². The summed E-state index contributed by atoms with van der Waals surface area (Å²) in [5.74, 6) is 0.929. The second-order valence-electron chi connectivity index (χ2n) is 6.94. The fraction of sp³-hybridized carbons (Fsp3) is 0.200. The van der Waals surface area contributed by atoms with Gasteiger partial charge < -0.3 is 24.1 Å². The Balaban J connectivity index is 1.88. The van der Waals surface area contributed by atoms with Gasteiger partial charge in [-0.25, -0.2) is 4.79 Å². The van der Waals surface area contributed by atoms with Crippen molar-refractivity contribution in [3.8, 4) is 23.0 Å². The van der Waals surface area contributed by atoms with Crippen LogP contribution < -0.4 is 18.9 Å². The molecule has 7 nitrogen and oxygen atoms in total. The number of methoxy groups -OCH3 is 2. The average Bonchev–Trinajstić information content (AvgIpc) is 2.83. The molecule has 1 N–H and O–H groups in total. The highest BCUT2D eigenvalue weighted by atomic mass is 35.5. The molecule has 0 saturated carbocycles. The van der Waals surface area contributed by atoms with Crippen LogP contribution in [-0.4, -0.2) is 38.1 Å². The van der Waals surface area contributed by atoms with Gasteiger partial charge in [0, 0.05) is 12.6 Å². The first-order chi connectivity index (χ1) is 15.9. The third-order valence-corrected chi connectivity index (χ3v) is 5.09. The van der Waals surface area contributed by atoms with E-state index in [9.17, 15) is 9.90 Å². The predicted octanol–water partition coefficient (Wildman–Crippen LogP) is 5.02. The lowest BCUT2D eigenvalue weighted by molar-refractivity contribution is -0.129. The number of benzene rings is 3. The summed E-state index contributed by atoms with van der Waals surface area (Å²) in [6.07, 6.45) is 0. The third-order valence-electron chi connectivity index (χ3n) is 4.80. The highest BCUT2D eigenvalue weighted by molar-refractivity contribution is 6.43. The van der Waals surface area contributed by atoms with Crippen LogP contribution in [0, 0.1) is 0 Å². The first-order valence-electron chi connectivity index (χ1n) is 10.0. The Kier molecular flexibility index (Phi) is 8.16. The summed E-state index contributed by atoms with van der Waals surface area (Å²) in [5, 5.41) is 9.68. The maximum Gasteiger partial charge on any atom is 0.354 e. The van der Waals surface area contributed by atoms with Crippen LogP contribution in [0.25, 0.3) is 0 Å². The number of hydrogen-bond donors (Lipinski definition) is 1. The van der Waals surface area contributed by atoms with Crippen LogP contribution in [0.5, 0.6) is 23.0 Å². The van der Waals surface area contributed by atoms with E-state index in [2.05, 4.69) is 4.99 Å². The van der Waals surface area contributed by atoms with E-state index >= 15 is 0 Å². The van der Waals surface area contributed by atoms with Crippen molar-refractivity contribution in [2.24, 2.45) is 4.99 Å². The number of carbonyl (C=O) groups is 1. The number of halogens is 1. The molecule has 0 atom stereocenters. The van der Waals surface area contributed by atoms with Crippen molar-refractivity contribution >= 4 is 23.3 Å². The summed E-state index contributed by atoms with van der Waals surface area (Å²) in [6, 6.07) is 17.9. The number of hydrogen-bond acceptors (Lipinski definition) is 6. The highest BCUT2D eigenvalue weighted by Crippen LogP contribution is 2.38. The Bertz CT molecular complexity index is 1130. The van der Waals surface area contributed by atoms with Gasteiger partial charge in [-0.3, -0.25) is 4.99 Å². The number of aliphatic carboxylic acids is 1. The third kappa shape index (κ3) is 6.17. The van der Waals surface area contributed by atoms with Crippen molar-refractivity contribution in [1.82, 2.24) is 0 Å². The SMILES string of the molecule is CN=C(C(=O)O)c1cc(Cl)c(OCc2ccc(OC)cc2)c(OCc2ccc(OC)cc2)c1. The molecule has 0 radical (unpaired) electrons. The first-order valence-corrected chi connectivity index (χ1v) is 10.4. The van der Waals surface area contributed by atoms with Crippen molar-refractivity contribution in [2.75, 3.05) is 21.3 Å². The van der Waals surface area contributed by atoms with E-state index in [0.29, 0.717) is 17.1 Å². The van der Waals surface area contributed by atoms with Crippen LogP contribution >= 0.6 is 11.6 Å². The van der Waals surface area contributed by atoms with Crippen LogP contribution in [0.3, 0.4) is 0 Å². The molecule has 3 rings (SSSR count). The number of ether oxygens (including phenoxy) is 4. The molecule has 0 bridgehead atoms. The monoisotopic (exact) mass is 469 g/mol. The summed E-state index contributed by atoms with van der Waals surface area (Å²) in [4.78, 5) is 15.4. The molecule has 0 fully saturated rings. The molecule has 33 heavy (non-hydrogen) atoms. The minimum atomic E-state index is -1.17. The van der Waals surface area contributed by atoms with Crippen LogP contribution in [0.2, 0.25) is 5.02 Å². The largest absolute Gasteiger partial charge is 0.497 e. The molecule has 0 aromatic heterocycles. The van der Waals surface area contributed by atoms with Gasteiger partial charge in [-0.15, -0.1) is 0 Å². The van der Waals surface area contributed by atoms with E-state index in [1.165, 1.54) is 13.1 Å².